The van der Waals surface area contributed by atoms with Crippen molar-refractivity contribution >= 4 is 43.0 Å². The summed E-state index contributed by atoms with van der Waals surface area (Å²) in [5.74, 6) is -0.308. The molecule has 0 saturated heterocycles. The third-order valence-corrected chi connectivity index (χ3v) is 4.81. The summed E-state index contributed by atoms with van der Waals surface area (Å²) >= 11 is 5.18. The summed E-state index contributed by atoms with van der Waals surface area (Å²) in [5, 5.41) is 3.19. The lowest BCUT2D eigenvalue weighted by atomic mass is 10.0. The van der Waals surface area contributed by atoms with E-state index in [-0.39, 0.29) is 5.82 Å². The summed E-state index contributed by atoms with van der Waals surface area (Å²) in [6.45, 7) is 0. The lowest BCUT2D eigenvalue weighted by molar-refractivity contribution is 0.628. The first-order valence-corrected chi connectivity index (χ1v) is 7.05. The number of benzene rings is 2. The Morgan fingerprint density at radius 1 is 1.11 bits per heavy atom. The number of nitrogens with two attached hydrogens (primary N) is 1. The van der Waals surface area contributed by atoms with Gasteiger partial charge in [-0.05, 0) is 45.6 Å². The van der Waals surface area contributed by atoms with Gasteiger partial charge in [-0.3, -0.25) is 0 Å². The highest BCUT2D eigenvalue weighted by Crippen LogP contribution is 2.39. The van der Waals surface area contributed by atoms with Gasteiger partial charge in [-0.15, -0.1) is 11.3 Å². The number of fused-ring (bicyclic) bond motifs is 1. The van der Waals surface area contributed by atoms with Gasteiger partial charge in [0.1, 0.15) is 5.82 Å². The maximum atomic E-state index is 13.1. The Morgan fingerprint density at radius 2 is 1.94 bits per heavy atom. The molecule has 90 valence electrons. The van der Waals surface area contributed by atoms with Crippen LogP contribution in [0.1, 0.15) is 0 Å². The summed E-state index contributed by atoms with van der Waals surface area (Å²) in [6.07, 6.45) is 0. The maximum absolute atomic E-state index is 13.1. The van der Waals surface area contributed by atoms with Gasteiger partial charge in [0.25, 0.3) is 0 Å². The number of nitrogen functional groups attached to an aromatic ring is 1. The second kappa shape index (κ2) is 4.37. The van der Waals surface area contributed by atoms with Gasteiger partial charge < -0.3 is 5.73 Å². The van der Waals surface area contributed by atoms with Crippen LogP contribution in [0.4, 0.5) is 10.1 Å². The minimum Gasteiger partial charge on any atom is -0.398 e. The first-order valence-electron chi connectivity index (χ1n) is 5.38. The van der Waals surface area contributed by atoms with Gasteiger partial charge in [0, 0.05) is 31.4 Å². The zero-order valence-corrected chi connectivity index (χ0v) is 11.7. The molecule has 0 aliphatic carbocycles. The van der Waals surface area contributed by atoms with Crippen molar-refractivity contribution in [3.05, 3.63) is 52.1 Å². The van der Waals surface area contributed by atoms with Gasteiger partial charge in [0.05, 0.1) is 0 Å². The summed E-state index contributed by atoms with van der Waals surface area (Å²) in [5.41, 5.74) is 8.29. The molecule has 0 spiro atoms. The maximum Gasteiger partial charge on any atom is 0.125 e. The summed E-state index contributed by atoms with van der Waals surface area (Å²) < 4.78 is 15.3. The molecule has 2 N–H and O–H groups in total. The predicted molar refractivity (Wildman–Crippen MR) is 79.3 cm³/mol. The summed E-state index contributed by atoms with van der Waals surface area (Å²) in [7, 11) is 0. The van der Waals surface area contributed by atoms with E-state index in [1.807, 2.05) is 12.1 Å². The highest BCUT2D eigenvalue weighted by Gasteiger charge is 2.11. The first-order chi connectivity index (χ1) is 8.66. The number of thiophene rings is 1. The Bertz CT molecular complexity index is 736. The molecule has 2 aromatic carbocycles. The summed E-state index contributed by atoms with van der Waals surface area (Å²) in [6, 6.07) is 10.6. The molecule has 0 atom stereocenters. The van der Waals surface area contributed by atoms with E-state index in [1.165, 1.54) is 16.8 Å². The molecule has 18 heavy (non-hydrogen) atoms. The molecule has 0 radical (unpaired) electrons. The quantitative estimate of drug-likeness (QED) is 0.623. The van der Waals surface area contributed by atoms with Crippen molar-refractivity contribution in [3.8, 4) is 11.1 Å². The van der Waals surface area contributed by atoms with E-state index in [0.717, 1.165) is 21.0 Å². The van der Waals surface area contributed by atoms with Crippen molar-refractivity contribution in [2.45, 2.75) is 0 Å². The molecular formula is C14H9BrFNS. The lowest BCUT2D eigenvalue weighted by Gasteiger charge is -2.05. The molecule has 1 heterocycles. The Hall–Kier alpha value is -1.39. The van der Waals surface area contributed by atoms with Crippen molar-refractivity contribution in [3.63, 3.8) is 0 Å². The second-order valence-electron chi connectivity index (χ2n) is 4.00. The minimum atomic E-state index is -0.308. The van der Waals surface area contributed by atoms with Gasteiger partial charge in [0.2, 0.25) is 0 Å². The molecule has 3 rings (SSSR count). The SMILES string of the molecule is Nc1cc(F)ccc1-c1csc2c(Br)cccc12. The van der Waals surface area contributed by atoms with Crippen LogP contribution in [0.3, 0.4) is 0 Å². The molecule has 3 aromatic rings. The van der Waals surface area contributed by atoms with Crippen LogP contribution in [0, 0.1) is 5.82 Å². The van der Waals surface area contributed by atoms with Crippen LogP contribution in [-0.2, 0) is 0 Å². The Balaban J connectivity index is 2.29. The van der Waals surface area contributed by atoms with Gasteiger partial charge in [-0.1, -0.05) is 12.1 Å². The highest BCUT2D eigenvalue weighted by atomic mass is 79.9. The molecule has 0 amide bonds. The Morgan fingerprint density at radius 3 is 2.72 bits per heavy atom. The first kappa shape index (κ1) is 11.7. The predicted octanol–water partition coefficient (Wildman–Crippen LogP) is 5.05. The lowest BCUT2D eigenvalue weighted by Crippen LogP contribution is -1.90. The molecule has 0 aliphatic rings. The van der Waals surface area contributed by atoms with Crippen molar-refractivity contribution in [2.24, 2.45) is 0 Å². The molecule has 0 bridgehead atoms. The van der Waals surface area contributed by atoms with E-state index in [1.54, 1.807) is 17.4 Å². The normalized spacial score (nSPS) is 11.0. The summed E-state index contributed by atoms with van der Waals surface area (Å²) in [4.78, 5) is 0. The number of halogens is 2. The van der Waals surface area contributed by atoms with E-state index in [9.17, 15) is 4.39 Å². The van der Waals surface area contributed by atoms with Gasteiger partial charge in [-0.2, -0.15) is 0 Å². The van der Waals surface area contributed by atoms with Crippen LogP contribution in [-0.4, -0.2) is 0 Å². The molecule has 4 heteroatoms. The van der Waals surface area contributed by atoms with Gasteiger partial charge in [-0.25, -0.2) is 4.39 Å². The van der Waals surface area contributed by atoms with Crippen LogP contribution in [0.2, 0.25) is 0 Å². The molecule has 0 saturated carbocycles. The Kier molecular flexibility index (Phi) is 2.84. The van der Waals surface area contributed by atoms with Crippen LogP contribution in [0.5, 0.6) is 0 Å². The van der Waals surface area contributed by atoms with Crippen LogP contribution >= 0.6 is 27.3 Å². The fourth-order valence-corrected chi connectivity index (χ4v) is 3.63. The van der Waals surface area contributed by atoms with E-state index in [2.05, 4.69) is 27.4 Å². The number of anilines is 1. The third-order valence-electron chi connectivity index (χ3n) is 2.86. The topological polar surface area (TPSA) is 26.0 Å². The second-order valence-corrected chi connectivity index (χ2v) is 5.73. The average molecular weight is 322 g/mol. The van der Waals surface area contributed by atoms with Crippen molar-refractivity contribution < 1.29 is 4.39 Å². The van der Waals surface area contributed by atoms with E-state index in [0.29, 0.717) is 5.69 Å². The van der Waals surface area contributed by atoms with Gasteiger partial charge in [0.15, 0.2) is 0 Å². The fourth-order valence-electron chi connectivity index (χ4n) is 2.01. The van der Waals surface area contributed by atoms with Crippen molar-refractivity contribution in [1.29, 1.82) is 0 Å². The largest absolute Gasteiger partial charge is 0.398 e. The Labute approximate surface area is 116 Å². The smallest absolute Gasteiger partial charge is 0.125 e. The molecule has 0 unspecified atom stereocenters. The minimum absolute atomic E-state index is 0.308. The average Bonchev–Trinajstić information content (AvgIpc) is 2.74. The van der Waals surface area contributed by atoms with Crippen molar-refractivity contribution in [2.75, 3.05) is 5.73 Å². The number of hydrogen-bond donors (Lipinski definition) is 1. The number of hydrogen-bond acceptors (Lipinski definition) is 2. The zero-order valence-electron chi connectivity index (χ0n) is 9.28. The molecule has 1 nitrogen and oxygen atoms in total. The molecule has 1 aromatic heterocycles. The van der Waals surface area contributed by atoms with Crippen LogP contribution in [0.25, 0.3) is 21.2 Å². The van der Waals surface area contributed by atoms with E-state index in [4.69, 9.17) is 5.73 Å². The zero-order chi connectivity index (χ0) is 12.7. The van der Waals surface area contributed by atoms with Gasteiger partial charge >= 0.3 is 0 Å². The highest BCUT2D eigenvalue weighted by molar-refractivity contribution is 9.10. The monoisotopic (exact) mass is 321 g/mol. The number of rotatable bonds is 1. The van der Waals surface area contributed by atoms with E-state index < -0.39 is 0 Å². The standard InChI is InChI=1S/C14H9BrFNS/c15-12-3-1-2-10-11(7-18-14(10)12)9-5-4-8(16)6-13(9)17/h1-7H,17H2. The van der Waals surface area contributed by atoms with Crippen molar-refractivity contribution in [1.82, 2.24) is 0 Å². The fraction of sp³-hybridized carbons (Fsp3) is 0. The molecule has 0 aliphatic heterocycles. The molecular weight excluding hydrogens is 313 g/mol. The van der Waals surface area contributed by atoms with Crippen LogP contribution in [0.15, 0.2) is 46.3 Å². The third kappa shape index (κ3) is 1.82. The molecule has 0 fully saturated rings. The van der Waals surface area contributed by atoms with Crippen LogP contribution < -0.4 is 5.73 Å². The van der Waals surface area contributed by atoms with E-state index >= 15 is 0 Å².